The lowest BCUT2D eigenvalue weighted by atomic mass is 10.1. The number of aldehydes is 1. The van der Waals surface area contributed by atoms with Crippen molar-refractivity contribution in [1.29, 1.82) is 0 Å². The fraction of sp³-hybridized carbons (Fsp3) is 0.357. The molecule has 2 heterocycles. The van der Waals surface area contributed by atoms with E-state index in [1.165, 1.54) is 10.9 Å². The third-order valence-electron chi connectivity index (χ3n) is 3.14. The van der Waals surface area contributed by atoms with Crippen molar-refractivity contribution in [2.45, 2.75) is 26.3 Å². The number of ether oxygens (including phenoxy) is 1. The zero-order valence-electron chi connectivity index (χ0n) is 12.1. The van der Waals surface area contributed by atoms with E-state index in [1.807, 2.05) is 0 Å². The quantitative estimate of drug-likeness (QED) is 0.666. The molecule has 7 nitrogen and oxygen atoms in total. The lowest BCUT2D eigenvalue weighted by Crippen LogP contribution is -2.39. The van der Waals surface area contributed by atoms with Crippen LogP contribution in [0.5, 0.6) is 0 Å². The van der Waals surface area contributed by atoms with E-state index in [1.54, 1.807) is 32.9 Å². The maximum absolute atomic E-state index is 12.1. The van der Waals surface area contributed by atoms with Gasteiger partial charge in [0, 0.05) is 0 Å². The molecule has 2 rings (SSSR count). The molecule has 0 aliphatic rings. The summed E-state index contributed by atoms with van der Waals surface area (Å²) in [6.45, 7) is 5.20. The summed E-state index contributed by atoms with van der Waals surface area (Å²) in [6.07, 6.45) is 2.06. The number of nitrogens with zero attached hydrogens (tertiary/aromatic N) is 2. The Kier molecular flexibility index (Phi) is 3.84. The zero-order valence-corrected chi connectivity index (χ0v) is 12.1. The lowest BCUT2D eigenvalue weighted by Gasteiger charge is -2.23. The highest BCUT2D eigenvalue weighted by molar-refractivity contribution is 5.91. The van der Waals surface area contributed by atoms with E-state index in [9.17, 15) is 9.59 Å². The van der Waals surface area contributed by atoms with Crippen molar-refractivity contribution in [3.05, 3.63) is 24.0 Å². The predicted molar refractivity (Wildman–Crippen MR) is 75.7 cm³/mol. The first-order valence-electron chi connectivity index (χ1n) is 6.48. The molecule has 2 aromatic heterocycles. The highest BCUT2D eigenvalue weighted by Gasteiger charge is 2.36. The number of carbonyl (C=O) groups is 2. The normalized spacial score (nSPS) is 11.4. The number of hydrogen-bond acceptors (Lipinski definition) is 6. The molecule has 0 atom stereocenters. The third kappa shape index (κ3) is 2.42. The molecule has 2 N–H and O–H groups in total. The molecule has 0 aliphatic heterocycles. The van der Waals surface area contributed by atoms with Gasteiger partial charge in [-0.15, -0.1) is 0 Å². The van der Waals surface area contributed by atoms with Crippen LogP contribution in [0.2, 0.25) is 0 Å². The van der Waals surface area contributed by atoms with Gasteiger partial charge in [0.25, 0.3) is 0 Å². The van der Waals surface area contributed by atoms with Crippen molar-refractivity contribution in [1.82, 2.24) is 9.78 Å². The molecule has 0 bridgehead atoms. The molecule has 112 valence electrons. The zero-order chi connectivity index (χ0) is 15.6. The molecule has 0 radical (unpaired) electrons. The Morgan fingerprint density at radius 2 is 2.29 bits per heavy atom. The Morgan fingerprint density at radius 1 is 1.57 bits per heavy atom. The average Bonchev–Trinajstić information content (AvgIpc) is 3.06. The number of furan rings is 1. The van der Waals surface area contributed by atoms with Crippen LogP contribution in [0, 0.1) is 0 Å². The van der Waals surface area contributed by atoms with E-state index < -0.39 is 11.5 Å². The van der Waals surface area contributed by atoms with Crippen LogP contribution in [-0.2, 0) is 15.1 Å². The first kappa shape index (κ1) is 14.8. The fourth-order valence-corrected chi connectivity index (χ4v) is 1.97. The van der Waals surface area contributed by atoms with Crippen molar-refractivity contribution in [2.24, 2.45) is 0 Å². The average molecular weight is 291 g/mol. The molecule has 0 fully saturated rings. The van der Waals surface area contributed by atoms with E-state index in [0.29, 0.717) is 17.7 Å². The minimum Gasteiger partial charge on any atom is -0.464 e. The molecule has 21 heavy (non-hydrogen) atoms. The van der Waals surface area contributed by atoms with E-state index in [0.717, 1.165) is 0 Å². The Hall–Kier alpha value is -2.57. The van der Waals surface area contributed by atoms with Crippen molar-refractivity contribution < 1.29 is 18.7 Å². The van der Waals surface area contributed by atoms with Gasteiger partial charge in [0.05, 0.1) is 18.4 Å². The van der Waals surface area contributed by atoms with Crippen LogP contribution in [0.15, 0.2) is 22.8 Å². The van der Waals surface area contributed by atoms with E-state index >= 15 is 0 Å². The van der Waals surface area contributed by atoms with E-state index in [2.05, 4.69) is 5.10 Å². The van der Waals surface area contributed by atoms with Crippen LogP contribution >= 0.6 is 0 Å². The number of rotatable bonds is 5. The van der Waals surface area contributed by atoms with Gasteiger partial charge >= 0.3 is 5.97 Å². The van der Waals surface area contributed by atoms with Crippen LogP contribution in [0.1, 0.15) is 31.1 Å². The summed E-state index contributed by atoms with van der Waals surface area (Å²) in [7, 11) is 0. The van der Waals surface area contributed by atoms with Gasteiger partial charge in [0.15, 0.2) is 17.6 Å². The van der Waals surface area contributed by atoms with Gasteiger partial charge in [-0.2, -0.15) is 5.10 Å². The minimum absolute atomic E-state index is 0.0921. The number of nitrogens with two attached hydrogens (primary N) is 1. The summed E-state index contributed by atoms with van der Waals surface area (Å²) in [6, 6.07) is 3.34. The monoisotopic (exact) mass is 291 g/mol. The SMILES string of the molecule is CCOC(=O)C(C)(C)n1nc(-c2ccco2)c(C=O)c1N. The maximum Gasteiger partial charge on any atom is 0.333 e. The first-order valence-corrected chi connectivity index (χ1v) is 6.48. The molecule has 7 heteroatoms. The van der Waals surface area contributed by atoms with Crippen LogP contribution in [0.3, 0.4) is 0 Å². The molecular weight excluding hydrogens is 274 g/mol. The van der Waals surface area contributed by atoms with Gasteiger partial charge < -0.3 is 14.9 Å². The number of hydrogen-bond donors (Lipinski definition) is 1. The Labute approximate surface area is 121 Å². The fourth-order valence-electron chi connectivity index (χ4n) is 1.97. The number of carbonyl (C=O) groups excluding carboxylic acids is 2. The van der Waals surface area contributed by atoms with Gasteiger partial charge in [-0.1, -0.05) is 0 Å². The summed E-state index contributed by atoms with van der Waals surface area (Å²) in [5, 5.41) is 4.26. The summed E-state index contributed by atoms with van der Waals surface area (Å²) in [5.74, 6) is 0.0132. The second-order valence-corrected chi connectivity index (χ2v) is 4.93. The maximum atomic E-state index is 12.1. The smallest absolute Gasteiger partial charge is 0.333 e. The standard InChI is InChI=1S/C14H17N3O4/c1-4-20-13(19)14(2,3)17-12(15)9(8-18)11(16-17)10-6-5-7-21-10/h5-8H,4,15H2,1-3H3. The summed E-state index contributed by atoms with van der Waals surface area (Å²) < 4.78 is 11.6. The molecule has 0 aliphatic carbocycles. The second kappa shape index (κ2) is 5.43. The summed E-state index contributed by atoms with van der Waals surface area (Å²) in [5.41, 5.74) is 5.30. The summed E-state index contributed by atoms with van der Waals surface area (Å²) in [4.78, 5) is 23.4. The van der Waals surface area contributed by atoms with Gasteiger partial charge in [-0.05, 0) is 32.9 Å². The Morgan fingerprint density at radius 3 is 2.81 bits per heavy atom. The molecule has 0 aromatic carbocycles. The van der Waals surface area contributed by atoms with Crippen molar-refractivity contribution in [3.63, 3.8) is 0 Å². The van der Waals surface area contributed by atoms with Crippen LogP contribution < -0.4 is 5.73 Å². The Bertz CT molecular complexity index is 656. The molecule has 0 saturated carbocycles. The first-order chi connectivity index (χ1) is 9.93. The molecular formula is C14H17N3O4. The highest BCUT2D eigenvalue weighted by atomic mass is 16.5. The molecule has 2 aromatic rings. The number of esters is 1. The molecule has 0 saturated heterocycles. The molecule has 0 spiro atoms. The van der Waals surface area contributed by atoms with Crippen molar-refractivity contribution in [3.8, 4) is 11.5 Å². The number of anilines is 1. The highest BCUT2D eigenvalue weighted by Crippen LogP contribution is 2.30. The topological polar surface area (TPSA) is 100 Å². The summed E-state index contributed by atoms with van der Waals surface area (Å²) >= 11 is 0. The molecule has 0 unspecified atom stereocenters. The largest absolute Gasteiger partial charge is 0.464 e. The van der Waals surface area contributed by atoms with Crippen molar-refractivity contribution in [2.75, 3.05) is 12.3 Å². The second-order valence-electron chi connectivity index (χ2n) is 4.93. The third-order valence-corrected chi connectivity index (χ3v) is 3.14. The predicted octanol–water partition coefficient (Wildman–Crippen LogP) is 1.84. The minimum atomic E-state index is -1.14. The van der Waals surface area contributed by atoms with Gasteiger partial charge in [-0.3, -0.25) is 4.79 Å². The van der Waals surface area contributed by atoms with Crippen molar-refractivity contribution >= 4 is 18.1 Å². The van der Waals surface area contributed by atoms with Gasteiger partial charge in [0.1, 0.15) is 11.5 Å². The number of nitrogen functional groups attached to an aromatic ring is 1. The lowest BCUT2D eigenvalue weighted by molar-refractivity contribution is -0.152. The van der Waals surface area contributed by atoms with Crippen LogP contribution in [0.25, 0.3) is 11.5 Å². The van der Waals surface area contributed by atoms with E-state index in [4.69, 9.17) is 14.9 Å². The molecule has 0 amide bonds. The van der Waals surface area contributed by atoms with E-state index in [-0.39, 0.29) is 18.0 Å². The van der Waals surface area contributed by atoms with Gasteiger partial charge in [-0.25, -0.2) is 9.48 Å². The van der Waals surface area contributed by atoms with Gasteiger partial charge in [0.2, 0.25) is 0 Å². The van der Waals surface area contributed by atoms with Crippen LogP contribution in [-0.4, -0.2) is 28.6 Å². The Balaban J connectivity index is 2.56. The van der Waals surface area contributed by atoms with Crippen LogP contribution in [0.4, 0.5) is 5.82 Å². The number of aromatic nitrogens is 2.